The van der Waals surface area contributed by atoms with Crippen molar-refractivity contribution in [3.05, 3.63) is 33.9 Å². The van der Waals surface area contributed by atoms with Crippen molar-refractivity contribution in [1.82, 2.24) is 5.32 Å². The molecule has 0 aliphatic heterocycles. The standard InChI is InChI=1S/C10H10N2O5/c1-6(13)7-3-4-9(17-10(14)11-2)8(5-7)12(15)16/h3-5H,1-2H3,(H,11,14). The number of nitrogens with zero attached hydrogens (tertiary/aromatic N) is 1. The fraction of sp³-hybridized carbons (Fsp3) is 0.200. The molecule has 7 heteroatoms. The van der Waals surface area contributed by atoms with Crippen molar-refractivity contribution in [1.29, 1.82) is 0 Å². The van der Waals surface area contributed by atoms with Gasteiger partial charge in [-0.2, -0.15) is 0 Å². The average molecular weight is 238 g/mol. The number of carbonyl (C=O) groups excluding carboxylic acids is 2. The molecule has 0 bridgehead atoms. The molecule has 1 N–H and O–H groups in total. The molecular formula is C10H10N2O5. The molecule has 0 aliphatic carbocycles. The first-order chi connectivity index (χ1) is 7.95. The van der Waals surface area contributed by atoms with Crippen molar-refractivity contribution in [2.24, 2.45) is 0 Å². The SMILES string of the molecule is CNC(=O)Oc1ccc(C(C)=O)cc1[N+](=O)[O-]. The van der Waals surface area contributed by atoms with E-state index < -0.39 is 16.7 Å². The Hall–Kier alpha value is -2.44. The Balaban J connectivity index is 3.17. The van der Waals surface area contributed by atoms with Gasteiger partial charge in [0.25, 0.3) is 0 Å². The average Bonchev–Trinajstić information content (AvgIpc) is 2.28. The highest BCUT2D eigenvalue weighted by Gasteiger charge is 2.19. The van der Waals surface area contributed by atoms with Crippen LogP contribution in [-0.2, 0) is 0 Å². The van der Waals surface area contributed by atoms with Gasteiger partial charge < -0.3 is 10.1 Å². The van der Waals surface area contributed by atoms with E-state index in [-0.39, 0.29) is 17.1 Å². The molecule has 0 unspecified atom stereocenters. The molecule has 17 heavy (non-hydrogen) atoms. The molecular weight excluding hydrogens is 228 g/mol. The summed E-state index contributed by atoms with van der Waals surface area (Å²) in [6, 6.07) is 3.64. The smallest absolute Gasteiger partial charge is 0.403 e. The van der Waals surface area contributed by atoms with Crippen LogP contribution >= 0.6 is 0 Å². The van der Waals surface area contributed by atoms with Crippen LogP contribution in [0.2, 0.25) is 0 Å². The van der Waals surface area contributed by atoms with Crippen molar-refractivity contribution in [3.8, 4) is 5.75 Å². The number of rotatable bonds is 3. The number of carbonyl (C=O) groups is 2. The summed E-state index contributed by atoms with van der Waals surface area (Å²) < 4.78 is 4.69. The molecule has 1 aromatic rings. The van der Waals surface area contributed by atoms with Crippen molar-refractivity contribution in [2.75, 3.05) is 7.05 Å². The molecule has 0 saturated heterocycles. The highest BCUT2D eigenvalue weighted by atomic mass is 16.6. The second-order valence-corrected chi connectivity index (χ2v) is 3.14. The zero-order valence-corrected chi connectivity index (χ0v) is 9.22. The summed E-state index contributed by atoms with van der Waals surface area (Å²) >= 11 is 0. The third kappa shape index (κ3) is 3.00. The van der Waals surface area contributed by atoms with Crippen LogP contribution in [0.15, 0.2) is 18.2 Å². The predicted octanol–water partition coefficient (Wildman–Crippen LogP) is 1.52. The summed E-state index contributed by atoms with van der Waals surface area (Å²) in [7, 11) is 1.33. The molecule has 0 spiro atoms. The van der Waals surface area contributed by atoms with E-state index in [9.17, 15) is 19.7 Å². The second kappa shape index (κ2) is 5.06. The zero-order valence-electron chi connectivity index (χ0n) is 9.22. The first-order valence-electron chi connectivity index (χ1n) is 4.64. The number of hydrogen-bond acceptors (Lipinski definition) is 5. The van der Waals surface area contributed by atoms with Crippen molar-refractivity contribution in [2.45, 2.75) is 6.92 Å². The number of nitro groups is 1. The summed E-state index contributed by atoms with van der Waals surface area (Å²) in [6.07, 6.45) is -0.816. The van der Waals surface area contributed by atoms with Gasteiger partial charge in [-0.3, -0.25) is 14.9 Å². The Kier molecular flexibility index (Phi) is 3.76. The predicted molar refractivity (Wildman–Crippen MR) is 58.2 cm³/mol. The number of Topliss-reactive ketones (excluding diaryl/α,β-unsaturated/α-hetero) is 1. The van der Waals surface area contributed by atoms with E-state index in [0.717, 1.165) is 6.07 Å². The summed E-state index contributed by atoms with van der Waals surface area (Å²) in [4.78, 5) is 32.1. The summed E-state index contributed by atoms with van der Waals surface area (Å²) in [6.45, 7) is 1.29. The highest BCUT2D eigenvalue weighted by molar-refractivity contribution is 5.95. The number of benzene rings is 1. The lowest BCUT2D eigenvalue weighted by molar-refractivity contribution is -0.385. The first-order valence-corrected chi connectivity index (χ1v) is 4.64. The topological polar surface area (TPSA) is 98.5 Å². The van der Waals surface area contributed by atoms with E-state index in [1.807, 2.05) is 0 Å². The van der Waals surface area contributed by atoms with Crippen molar-refractivity contribution >= 4 is 17.6 Å². The molecule has 0 radical (unpaired) electrons. The molecule has 0 aliphatic rings. The fourth-order valence-corrected chi connectivity index (χ4v) is 1.12. The normalized spacial score (nSPS) is 9.53. The van der Waals surface area contributed by atoms with Gasteiger partial charge in [0.05, 0.1) is 4.92 Å². The molecule has 7 nitrogen and oxygen atoms in total. The summed E-state index contributed by atoms with van der Waals surface area (Å²) in [5.41, 5.74) is -0.248. The van der Waals surface area contributed by atoms with Crippen LogP contribution in [0.5, 0.6) is 5.75 Å². The minimum Gasteiger partial charge on any atom is -0.403 e. The Morgan fingerprint density at radius 1 is 1.41 bits per heavy atom. The third-order valence-corrected chi connectivity index (χ3v) is 1.97. The van der Waals surface area contributed by atoms with E-state index in [2.05, 4.69) is 10.1 Å². The van der Waals surface area contributed by atoms with Gasteiger partial charge in [-0.05, 0) is 19.1 Å². The minimum absolute atomic E-state index is 0.181. The minimum atomic E-state index is -0.816. The van der Waals surface area contributed by atoms with Crippen molar-refractivity contribution in [3.63, 3.8) is 0 Å². The lowest BCUT2D eigenvalue weighted by Crippen LogP contribution is -2.22. The molecule has 0 saturated carbocycles. The van der Waals surface area contributed by atoms with Crippen molar-refractivity contribution < 1.29 is 19.2 Å². The van der Waals surface area contributed by atoms with E-state index in [1.165, 1.54) is 26.1 Å². The summed E-state index contributed by atoms with van der Waals surface area (Å²) in [5.74, 6) is -0.515. The lowest BCUT2D eigenvalue weighted by Gasteiger charge is -2.04. The highest BCUT2D eigenvalue weighted by Crippen LogP contribution is 2.28. The van der Waals surface area contributed by atoms with Crippen LogP contribution < -0.4 is 10.1 Å². The largest absolute Gasteiger partial charge is 0.412 e. The molecule has 1 amide bonds. The van der Waals surface area contributed by atoms with Crippen LogP contribution in [0.25, 0.3) is 0 Å². The molecule has 1 aromatic carbocycles. The van der Waals surface area contributed by atoms with E-state index in [4.69, 9.17) is 0 Å². The number of ketones is 1. The first kappa shape index (κ1) is 12.6. The Bertz CT molecular complexity index is 484. The zero-order chi connectivity index (χ0) is 13.0. The second-order valence-electron chi connectivity index (χ2n) is 3.14. The van der Waals surface area contributed by atoms with Gasteiger partial charge in [-0.1, -0.05) is 0 Å². The van der Waals surface area contributed by atoms with Gasteiger partial charge in [0, 0.05) is 18.7 Å². The maximum atomic E-state index is 11.1. The lowest BCUT2D eigenvalue weighted by atomic mass is 10.1. The van der Waals surface area contributed by atoms with Crippen LogP contribution in [0.1, 0.15) is 17.3 Å². The van der Waals surface area contributed by atoms with E-state index in [1.54, 1.807) is 0 Å². The number of amides is 1. The van der Waals surface area contributed by atoms with Gasteiger partial charge in [0.2, 0.25) is 5.75 Å². The van der Waals surface area contributed by atoms with Crippen LogP contribution in [0.3, 0.4) is 0 Å². The fourth-order valence-electron chi connectivity index (χ4n) is 1.12. The van der Waals surface area contributed by atoms with Crippen LogP contribution in [-0.4, -0.2) is 23.8 Å². The number of hydrogen-bond donors (Lipinski definition) is 1. The van der Waals surface area contributed by atoms with Gasteiger partial charge >= 0.3 is 11.8 Å². The molecule has 0 aromatic heterocycles. The van der Waals surface area contributed by atoms with Gasteiger partial charge in [-0.25, -0.2) is 4.79 Å². The van der Waals surface area contributed by atoms with E-state index in [0.29, 0.717) is 0 Å². The quantitative estimate of drug-likeness (QED) is 0.489. The molecule has 90 valence electrons. The Labute approximate surface area is 96.5 Å². The Morgan fingerprint density at radius 2 is 2.06 bits per heavy atom. The van der Waals surface area contributed by atoms with Crippen LogP contribution in [0, 0.1) is 10.1 Å². The van der Waals surface area contributed by atoms with Gasteiger partial charge in [0.15, 0.2) is 5.78 Å². The maximum Gasteiger partial charge on any atom is 0.412 e. The van der Waals surface area contributed by atoms with Gasteiger partial charge in [-0.15, -0.1) is 0 Å². The number of nitro benzene ring substituents is 1. The number of ether oxygens (including phenoxy) is 1. The molecule has 0 fully saturated rings. The Morgan fingerprint density at radius 3 is 2.53 bits per heavy atom. The van der Waals surface area contributed by atoms with Crippen LogP contribution in [0.4, 0.5) is 10.5 Å². The van der Waals surface area contributed by atoms with Gasteiger partial charge in [0.1, 0.15) is 0 Å². The number of nitrogens with one attached hydrogen (secondary N) is 1. The molecule has 0 heterocycles. The monoisotopic (exact) mass is 238 g/mol. The third-order valence-electron chi connectivity index (χ3n) is 1.97. The molecule has 0 atom stereocenters. The summed E-state index contributed by atoms with van der Waals surface area (Å²) in [5, 5.41) is 12.9. The molecule has 1 rings (SSSR count). The van der Waals surface area contributed by atoms with E-state index >= 15 is 0 Å². The maximum absolute atomic E-state index is 11.1.